The summed E-state index contributed by atoms with van der Waals surface area (Å²) in [7, 11) is -3.93. The Morgan fingerprint density at radius 2 is 1.79 bits per heavy atom. The molecule has 1 N–H and O–H groups in total. The highest BCUT2D eigenvalue weighted by Gasteiger charge is 2.40. The maximum Gasteiger partial charge on any atom is 0.269 e. The largest absolute Gasteiger partial charge is 0.355 e. The predicted molar refractivity (Wildman–Crippen MR) is 124 cm³/mol. The van der Waals surface area contributed by atoms with Gasteiger partial charge in [0.2, 0.25) is 11.8 Å². The van der Waals surface area contributed by atoms with E-state index in [9.17, 15) is 22.8 Å². The summed E-state index contributed by atoms with van der Waals surface area (Å²) in [5.74, 6) is -1.23. The van der Waals surface area contributed by atoms with E-state index in [0.717, 1.165) is 4.31 Å². The van der Waals surface area contributed by atoms with Gasteiger partial charge in [-0.15, -0.1) is 0 Å². The first-order valence-electron chi connectivity index (χ1n) is 10.6. The highest BCUT2D eigenvalue weighted by Crippen LogP contribution is 2.30. The van der Waals surface area contributed by atoms with Crippen LogP contribution in [0.4, 0.5) is 0 Å². The molecule has 3 amide bonds. The number of carbonyl (C=O) groups excluding carboxylic acids is 3. The van der Waals surface area contributed by atoms with Crippen molar-refractivity contribution in [3.05, 3.63) is 64.7 Å². The van der Waals surface area contributed by atoms with Gasteiger partial charge in [-0.3, -0.25) is 14.4 Å². The van der Waals surface area contributed by atoms with E-state index in [-0.39, 0.29) is 48.2 Å². The molecule has 176 valence electrons. The van der Waals surface area contributed by atoms with Crippen molar-refractivity contribution in [2.24, 2.45) is 0 Å². The van der Waals surface area contributed by atoms with Gasteiger partial charge in [-0.2, -0.15) is 0 Å². The molecule has 0 aromatic heterocycles. The highest BCUT2D eigenvalue weighted by molar-refractivity contribution is 7.90. The van der Waals surface area contributed by atoms with Crippen LogP contribution >= 0.6 is 11.6 Å². The third-order valence-corrected chi connectivity index (χ3v) is 7.69. The monoisotopic (exact) mass is 491 g/mol. The number of nitrogens with zero attached hydrogens (tertiary/aromatic N) is 2. The first-order chi connectivity index (χ1) is 15.7. The zero-order valence-corrected chi connectivity index (χ0v) is 20.0. The molecule has 0 radical (unpaired) electrons. The molecule has 10 heteroatoms. The second-order valence-corrected chi connectivity index (χ2v) is 9.90. The van der Waals surface area contributed by atoms with E-state index in [1.54, 1.807) is 50.2 Å². The minimum absolute atomic E-state index is 0.0217. The first kappa shape index (κ1) is 24.7. The number of sulfonamides is 1. The Balaban J connectivity index is 1.71. The summed E-state index contributed by atoms with van der Waals surface area (Å²) in [6, 6.07) is 12.3. The van der Waals surface area contributed by atoms with E-state index < -0.39 is 22.0 Å². The fourth-order valence-corrected chi connectivity index (χ4v) is 5.49. The molecule has 0 aliphatic carbocycles. The molecule has 1 aliphatic rings. The van der Waals surface area contributed by atoms with E-state index in [2.05, 4.69) is 5.32 Å². The van der Waals surface area contributed by atoms with Crippen molar-refractivity contribution in [2.75, 3.05) is 13.1 Å². The molecule has 0 bridgehead atoms. The lowest BCUT2D eigenvalue weighted by Crippen LogP contribution is -2.47. The number of halogens is 1. The number of hydrogen-bond donors (Lipinski definition) is 1. The molecule has 1 unspecified atom stereocenters. The average molecular weight is 492 g/mol. The normalized spacial score (nSPS) is 15.1. The van der Waals surface area contributed by atoms with Gasteiger partial charge in [0.25, 0.3) is 15.9 Å². The third kappa shape index (κ3) is 5.20. The molecule has 1 aliphatic heterocycles. The van der Waals surface area contributed by atoms with Crippen LogP contribution in [0.3, 0.4) is 0 Å². The van der Waals surface area contributed by atoms with Gasteiger partial charge in [-0.25, -0.2) is 12.7 Å². The molecule has 3 rings (SSSR count). The SMILES string of the molecule is CCNC(=O)C(C)N(Cc1ccccc1Cl)C(=O)CCCN1C(=O)c2ccccc2S1(=O)=O. The second kappa shape index (κ2) is 10.4. The number of carbonyl (C=O) groups is 3. The fourth-order valence-electron chi connectivity index (χ4n) is 3.68. The number of benzene rings is 2. The van der Waals surface area contributed by atoms with Gasteiger partial charge in [-0.05, 0) is 44.0 Å². The number of likely N-dealkylation sites (N-methyl/N-ethyl adjacent to an activating group) is 1. The Bertz CT molecular complexity index is 1170. The van der Waals surface area contributed by atoms with Crippen molar-refractivity contribution in [1.29, 1.82) is 0 Å². The highest BCUT2D eigenvalue weighted by atomic mass is 35.5. The quantitative estimate of drug-likeness (QED) is 0.581. The number of fused-ring (bicyclic) bond motifs is 1. The molecule has 1 atom stereocenters. The number of rotatable bonds is 9. The standard InChI is InChI=1S/C23H26ClN3O5S/c1-3-25-22(29)16(2)26(15-17-9-4-6-11-19(17)24)21(28)13-8-14-27-23(30)18-10-5-7-12-20(18)33(27,31)32/h4-7,9-12,16H,3,8,13-15H2,1-2H3,(H,25,29). The van der Waals surface area contributed by atoms with Crippen LogP contribution in [0.2, 0.25) is 5.02 Å². The molecule has 0 saturated carbocycles. The number of nitrogens with one attached hydrogen (secondary N) is 1. The molecule has 0 fully saturated rings. The summed E-state index contributed by atoms with van der Waals surface area (Å²) in [5, 5.41) is 3.19. The minimum atomic E-state index is -3.93. The molecule has 0 spiro atoms. The topological polar surface area (TPSA) is 104 Å². The van der Waals surface area contributed by atoms with Crippen molar-refractivity contribution < 1.29 is 22.8 Å². The van der Waals surface area contributed by atoms with Gasteiger partial charge in [0.15, 0.2) is 0 Å². The lowest BCUT2D eigenvalue weighted by atomic mass is 10.1. The molecule has 0 saturated heterocycles. The van der Waals surface area contributed by atoms with Crippen LogP contribution in [0.5, 0.6) is 0 Å². The van der Waals surface area contributed by atoms with Gasteiger partial charge in [-0.1, -0.05) is 41.9 Å². The maximum absolute atomic E-state index is 13.1. The van der Waals surface area contributed by atoms with Gasteiger partial charge < -0.3 is 10.2 Å². The number of amides is 3. The number of hydrogen-bond acceptors (Lipinski definition) is 5. The zero-order valence-electron chi connectivity index (χ0n) is 18.5. The molecular formula is C23H26ClN3O5S. The maximum atomic E-state index is 13.1. The Kier molecular flexibility index (Phi) is 7.76. The van der Waals surface area contributed by atoms with Gasteiger partial charge in [0.05, 0.1) is 5.56 Å². The van der Waals surface area contributed by atoms with Gasteiger partial charge >= 0.3 is 0 Å². The van der Waals surface area contributed by atoms with E-state index in [4.69, 9.17) is 11.6 Å². The smallest absolute Gasteiger partial charge is 0.269 e. The molecular weight excluding hydrogens is 466 g/mol. The predicted octanol–water partition coefficient (Wildman–Crippen LogP) is 2.82. The third-order valence-electron chi connectivity index (χ3n) is 5.48. The Morgan fingerprint density at radius 1 is 1.12 bits per heavy atom. The van der Waals surface area contributed by atoms with Crippen LogP contribution < -0.4 is 5.32 Å². The molecule has 8 nitrogen and oxygen atoms in total. The zero-order chi connectivity index (χ0) is 24.2. The Hall–Kier alpha value is -2.91. The lowest BCUT2D eigenvalue weighted by molar-refractivity contribution is -0.140. The minimum Gasteiger partial charge on any atom is -0.355 e. The van der Waals surface area contributed by atoms with Crippen LogP contribution in [0.25, 0.3) is 0 Å². The van der Waals surface area contributed by atoms with Crippen LogP contribution in [0.15, 0.2) is 53.4 Å². The first-order valence-corrected chi connectivity index (χ1v) is 12.5. The summed E-state index contributed by atoms with van der Waals surface area (Å²) in [5.41, 5.74) is 0.824. The molecule has 2 aromatic rings. The van der Waals surface area contributed by atoms with Crippen molar-refractivity contribution in [2.45, 2.75) is 44.2 Å². The average Bonchev–Trinajstić information content (AvgIpc) is 2.99. The van der Waals surface area contributed by atoms with E-state index >= 15 is 0 Å². The van der Waals surface area contributed by atoms with E-state index in [1.807, 2.05) is 0 Å². The van der Waals surface area contributed by atoms with Gasteiger partial charge in [0.1, 0.15) is 10.9 Å². The summed E-state index contributed by atoms with van der Waals surface area (Å²) in [6.07, 6.45) is 0.0861. The van der Waals surface area contributed by atoms with Crippen molar-refractivity contribution in [3.8, 4) is 0 Å². The lowest BCUT2D eigenvalue weighted by Gasteiger charge is -2.29. The molecule has 33 heavy (non-hydrogen) atoms. The molecule has 1 heterocycles. The summed E-state index contributed by atoms with van der Waals surface area (Å²) in [6.45, 7) is 3.84. The van der Waals surface area contributed by atoms with Crippen LogP contribution in [-0.2, 0) is 26.2 Å². The fraction of sp³-hybridized carbons (Fsp3) is 0.348. The van der Waals surface area contributed by atoms with E-state index in [1.165, 1.54) is 17.0 Å². The van der Waals surface area contributed by atoms with Crippen molar-refractivity contribution in [3.63, 3.8) is 0 Å². The molecule has 2 aromatic carbocycles. The summed E-state index contributed by atoms with van der Waals surface area (Å²) < 4.78 is 26.2. The van der Waals surface area contributed by atoms with Crippen LogP contribution in [-0.4, -0.2) is 54.5 Å². The summed E-state index contributed by atoms with van der Waals surface area (Å²) >= 11 is 6.25. The summed E-state index contributed by atoms with van der Waals surface area (Å²) in [4.78, 5) is 39.5. The van der Waals surface area contributed by atoms with Crippen molar-refractivity contribution in [1.82, 2.24) is 14.5 Å². The second-order valence-electron chi connectivity index (χ2n) is 7.67. The van der Waals surface area contributed by atoms with E-state index in [0.29, 0.717) is 17.1 Å². The van der Waals surface area contributed by atoms with Crippen LogP contribution in [0.1, 0.15) is 42.6 Å². The Morgan fingerprint density at radius 3 is 2.45 bits per heavy atom. The van der Waals surface area contributed by atoms with Crippen LogP contribution in [0, 0.1) is 0 Å². The van der Waals surface area contributed by atoms with Crippen molar-refractivity contribution >= 4 is 39.3 Å². The Labute approximate surface area is 198 Å². The van der Waals surface area contributed by atoms with Gasteiger partial charge in [0, 0.05) is 31.1 Å².